The van der Waals surface area contributed by atoms with Crippen LogP contribution in [0.25, 0.3) is 0 Å². The fourth-order valence-corrected chi connectivity index (χ4v) is 4.27. The van der Waals surface area contributed by atoms with E-state index in [9.17, 15) is 4.79 Å². The Balaban J connectivity index is 1.82. The smallest absolute Gasteiger partial charge is 0.274 e. The molecule has 0 radical (unpaired) electrons. The molecule has 1 saturated heterocycles. The summed E-state index contributed by atoms with van der Waals surface area (Å²) in [6.45, 7) is 2.40. The van der Waals surface area contributed by atoms with Crippen LogP contribution in [0.1, 0.15) is 53.6 Å². The van der Waals surface area contributed by atoms with Gasteiger partial charge in [0.2, 0.25) is 0 Å². The highest BCUT2D eigenvalue weighted by Crippen LogP contribution is 2.41. The predicted molar refractivity (Wildman–Crippen MR) is 86.1 cm³/mol. The molecule has 1 fully saturated rings. The number of hydrogen-bond donors (Lipinski definition) is 2. The van der Waals surface area contributed by atoms with Crippen LogP contribution in [0.4, 0.5) is 0 Å². The number of hydroxylamine groups is 1. The third-order valence-electron chi connectivity index (χ3n) is 5.41. The zero-order valence-electron chi connectivity index (χ0n) is 13.4. The van der Waals surface area contributed by atoms with Gasteiger partial charge in [-0.15, -0.1) is 0 Å². The van der Waals surface area contributed by atoms with Crippen LogP contribution in [0.2, 0.25) is 0 Å². The van der Waals surface area contributed by atoms with Crippen molar-refractivity contribution in [2.24, 2.45) is 5.41 Å². The number of fused-ring (bicyclic) bond motifs is 1. The number of nitrogens with zero attached hydrogens (tertiary/aromatic N) is 1. The van der Waals surface area contributed by atoms with Crippen LogP contribution in [0.15, 0.2) is 18.2 Å². The lowest BCUT2D eigenvalue weighted by Gasteiger charge is -2.42. The van der Waals surface area contributed by atoms with Crippen LogP contribution < -0.4 is 5.48 Å². The Kier molecular flexibility index (Phi) is 4.50. The van der Waals surface area contributed by atoms with Crippen LogP contribution in [-0.2, 0) is 12.8 Å². The van der Waals surface area contributed by atoms with E-state index in [1.807, 2.05) is 12.1 Å². The van der Waals surface area contributed by atoms with Gasteiger partial charge in [-0.1, -0.05) is 18.9 Å². The summed E-state index contributed by atoms with van der Waals surface area (Å²) in [5.74, 6) is -0.422. The molecule has 3 rings (SSSR count). The predicted octanol–water partition coefficient (Wildman–Crippen LogP) is 2.79. The van der Waals surface area contributed by atoms with E-state index < -0.39 is 5.91 Å². The summed E-state index contributed by atoms with van der Waals surface area (Å²) in [5.41, 5.74) is 5.33. The summed E-state index contributed by atoms with van der Waals surface area (Å²) in [6.07, 6.45) is 8.68. The minimum atomic E-state index is -0.422. The molecule has 1 atom stereocenters. The number of benzene rings is 1. The number of rotatable bonds is 1. The molecule has 4 nitrogen and oxygen atoms in total. The summed E-state index contributed by atoms with van der Waals surface area (Å²) in [5, 5.41) is 8.77. The molecule has 22 heavy (non-hydrogen) atoms. The molecule has 2 N–H and O–H groups in total. The minimum absolute atomic E-state index is 0.406. The van der Waals surface area contributed by atoms with Crippen molar-refractivity contribution >= 4 is 5.91 Å². The van der Waals surface area contributed by atoms with Gasteiger partial charge < -0.3 is 4.90 Å². The Labute approximate surface area is 132 Å². The molecule has 2 aliphatic rings. The molecule has 1 aliphatic heterocycles. The third kappa shape index (κ3) is 3.18. The number of aryl methyl sites for hydroxylation is 1. The Morgan fingerprint density at radius 3 is 2.91 bits per heavy atom. The normalized spacial score (nSPS) is 26.1. The van der Waals surface area contributed by atoms with E-state index in [1.165, 1.54) is 56.3 Å². The average molecular weight is 302 g/mol. The van der Waals surface area contributed by atoms with E-state index in [-0.39, 0.29) is 0 Å². The Morgan fingerprint density at radius 2 is 2.09 bits per heavy atom. The molecule has 1 heterocycles. The zero-order valence-corrected chi connectivity index (χ0v) is 13.4. The third-order valence-corrected chi connectivity index (χ3v) is 5.41. The van der Waals surface area contributed by atoms with Crippen molar-refractivity contribution in [1.82, 2.24) is 10.4 Å². The van der Waals surface area contributed by atoms with E-state index >= 15 is 0 Å². The van der Waals surface area contributed by atoms with Crippen LogP contribution in [0.3, 0.4) is 0 Å². The van der Waals surface area contributed by atoms with Gasteiger partial charge >= 0.3 is 0 Å². The van der Waals surface area contributed by atoms with Gasteiger partial charge in [0.1, 0.15) is 0 Å². The highest BCUT2D eigenvalue weighted by Gasteiger charge is 2.35. The molecule has 1 aliphatic carbocycles. The Morgan fingerprint density at radius 1 is 1.23 bits per heavy atom. The van der Waals surface area contributed by atoms with E-state index in [4.69, 9.17) is 5.21 Å². The minimum Gasteiger partial charge on any atom is -0.306 e. The molecular weight excluding hydrogens is 276 g/mol. The first kappa shape index (κ1) is 15.5. The fourth-order valence-electron chi connectivity index (χ4n) is 4.27. The van der Waals surface area contributed by atoms with Gasteiger partial charge in [-0.2, -0.15) is 0 Å². The van der Waals surface area contributed by atoms with E-state index in [2.05, 4.69) is 18.0 Å². The SMILES string of the molecule is CN1CCCCCC2(CCc3cc(C(=O)NO)ccc3C2)C1. The van der Waals surface area contributed by atoms with Gasteiger partial charge in [0.25, 0.3) is 5.91 Å². The summed E-state index contributed by atoms with van der Waals surface area (Å²) in [4.78, 5) is 14.1. The lowest BCUT2D eigenvalue weighted by molar-refractivity contribution is 0.0706. The molecule has 120 valence electrons. The molecule has 1 unspecified atom stereocenters. The largest absolute Gasteiger partial charge is 0.306 e. The van der Waals surface area contributed by atoms with Gasteiger partial charge in [0, 0.05) is 12.1 Å². The molecule has 1 amide bonds. The second-order valence-corrected chi connectivity index (χ2v) is 7.15. The second kappa shape index (κ2) is 6.39. The van der Waals surface area contributed by atoms with Gasteiger partial charge in [-0.3, -0.25) is 10.0 Å². The summed E-state index contributed by atoms with van der Waals surface area (Å²) in [7, 11) is 2.25. The maximum absolute atomic E-state index is 11.6. The van der Waals surface area contributed by atoms with Gasteiger partial charge in [0.05, 0.1) is 0 Å². The maximum Gasteiger partial charge on any atom is 0.274 e. The van der Waals surface area contributed by atoms with Crippen LogP contribution in [-0.4, -0.2) is 36.2 Å². The van der Waals surface area contributed by atoms with Crippen molar-refractivity contribution in [2.75, 3.05) is 20.1 Å². The zero-order chi connectivity index (χ0) is 15.6. The summed E-state index contributed by atoms with van der Waals surface area (Å²) >= 11 is 0. The summed E-state index contributed by atoms with van der Waals surface area (Å²) < 4.78 is 0. The average Bonchev–Trinajstić information content (AvgIpc) is 2.51. The van der Waals surface area contributed by atoms with E-state index in [1.54, 1.807) is 5.48 Å². The first-order chi connectivity index (χ1) is 10.6. The summed E-state index contributed by atoms with van der Waals surface area (Å²) in [6, 6.07) is 5.86. The molecule has 0 saturated carbocycles. The number of nitrogens with one attached hydrogen (secondary N) is 1. The van der Waals surface area contributed by atoms with Crippen molar-refractivity contribution in [3.8, 4) is 0 Å². The molecule has 0 aromatic heterocycles. The molecule has 1 spiro atoms. The molecule has 0 bridgehead atoms. The van der Waals surface area contributed by atoms with E-state index in [0.717, 1.165) is 12.8 Å². The monoisotopic (exact) mass is 302 g/mol. The molecule has 1 aromatic carbocycles. The number of carbonyl (C=O) groups is 1. The number of hydrogen-bond acceptors (Lipinski definition) is 3. The molecule has 4 heteroatoms. The van der Waals surface area contributed by atoms with Crippen molar-refractivity contribution in [3.05, 3.63) is 34.9 Å². The number of carbonyl (C=O) groups excluding carboxylic acids is 1. The number of likely N-dealkylation sites (tertiary alicyclic amines) is 1. The van der Waals surface area contributed by atoms with Crippen LogP contribution in [0, 0.1) is 5.41 Å². The van der Waals surface area contributed by atoms with Gasteiger partial charge in [-0.05, 0) is 74.4 Å². The van der Waals surface area contributed by atoms with Crippen molar-refractivity contribution in [2.45, 2.75) is 44.9 Å². The molecular formula is C18H26N2O2. The highest BCUT2D eigenvalue weighted by molar-refractivity contribution is 5.93. The second-order valence-electron chi connectivity index (χ2n) is 7.15. The topological polar surface area (TPSA) is 52.6 Å². The Bertz CT molecular complexity index is 558. The first-order valence-corrected chi connectivity index (χ1v) is 8.37. The van der Waals surface area contributed by atoms with Gasteiger partial charge in [-0.25, -0.2) is 5.48 Å². The Hall–Kier alpha value is -1.39. The molecule has 1 aromatic rings. The highest BCUT2D eigenvalue weighted by atomic mass is 16.5. The quantitative estimate of drug-likeness (QED) is 0.619. The van der Waals surface area contributed by atoms with Crippen LogP contribution in [0.5, 0.6) is 0 Å². The lowest BCUT2D eigenvalue weighted by Crippen LogP contribution is -2.41. The standard InChI is InChI=1S/C18H26N2O2/c1-20-10-4-2-3-8-18(13-20)9-7-14-11-15(17(21)19-22)5-6-16(14)12-18/h5-6,11,22H,2-4,7-10,12-13H2,1H3,(H,19,21). The number of amides is 1. The fraction of sp³-hybridized carbons (Fsp3) is 0.611. The van der Waals surface area contributed by atoms with E-state index in [0.29, 0.717) is 11.0 Å². The maximum atomic E-state index is 11.6. The van der Waals surface area contributed by atoms with Crippen LogP contribution >= 0.6 is 0 Å². The van der Waals surface area contributed by atoms with Crippen molar-refractivity contribution in [3.63, 3.8) is 0 Å². The first-order valence-electron chi connectivity index (χ1n) is 8.37. The van der Waals surface area contributed by atoms with Crippen molar-refractivity contribution < 1.29 is 10.0 Å². The van der Waals surface area contributed by atoms with Gasteiger partial charge in [0.15, 0.2) is 0 Å². The van der Waals surface area contributed by atoms with Crippen molar-refractivity contribution in [1.29, 1.82) is 0 Å². The lowest BCUT2D eigenvalue weighted by atomic mass is 9.68.